The fraction of sp³-hybridized carbons (Fsp3) is 0.600. The molecule has 1 aromatic rings. The molecule has 1 fully saturated rings. The van der Waals surface area contributed by atoms with E-state index in [1.165, 1.54) is 4.68 Å². The maximum Gasteiger partial charge on any atom is 0.353 e. The Bertz CT molecular complexity index is 635. The van der Waals surface area contributed by atoms with Crippen LogP contribution in [0.15, 0.2) is 10.9 Å². The van der Waals surface area contributed by atoms with Crippen molar-refractivity contribution in [2.24, 2.45) is 0 Å². The Labute approximate surface area is 108 Å². The van der Waals surface area contributed by atoms with Crippen LogP contribution in [0.1, 0.15) is 42.2 Å². The van der Waals surface area contributed by atoms with Gasteiger partial charge in [-0.1, -0.05) is 0 Å². The van der Waals surface area contributed by atoms with Crippen LogP contribution in [0.5, 0.6) is 0 Å². The molecule has 0 unspecified atom stereocenters. The van der Waals surface area contributed by atoms with Crippen LogP contribution in [-0.4, -0.2) is 39.1 Å². The molecule has 9 heteroatoms. The highest BCUT2D eigenvalue weighted by Gasteiger charge is 2.31. The van der Waals surface area contributed by atoms with Crippen LogP contribution in [0.4, 0.5) is 0 Å². The Morgan fingerprint density at radius 1 is 1.32 bits per heavy atom. The third-order valence-corrected chi connectivity index (χ3v) is 4.72. The van der Waals surface area contributed by atoms with Crippen LogP contribution in [0.25, 0.3) is 0 Å². The number of carbonyl (C=O) groups is 1. The molecule has 0 aliphatic heterocycles. The van der Waals surface area contributed by atoms with Crippen molar-refractivity contribution in [3.63, 3.8) is 0 Å². The summed E-state index contributed by atoms with van der Waals surface area (Å²) in [6, 6.07) is 0.732. The molecule has 3 N–H and O–H groups in total. The molecule has 0 spiro atoms. The molecule has 8 nitrogen and oxygen atoms in total. The predicted molar refractivity (Wildman–Crippen MR) is 64.9 cm³/mol. The number of hydrogen-bond acceptors (Lipinski definition) is 4. The Morgan fingerprint density at radius 2 is 1.89 bits per heavy atom. The second kappa shape index (κ2) is 4.82. The number of nitrogens with one attached hydrogen (secondary N) is 1. The summed E-state index contributed by atoms with van der Waals surface area (Å²) in [5.41, 5.74) is -0.644. The molecule has 2 rings (SSSR count). The Kier molecular flexibility index (Phi) is 3.50. The summed E-state index contributed by atoms with van der Waals surface area (Å²) in [6.07, 6.45) is 1.28. The molecule has 1 aliphatic rings. The van der Waals surface area contributed by atoms with Crippen LogP contribution in [0, 0.1) is 0 Å². The number of nitrogens with zero attached hydrogens (tertiary/aromatic N) is 1. The molecule has 106 valence electrons. The van der Waals surface area contributed by atoms with E-state index < -0.39 is 26.9 Å². The number of hydrogen-bond donors (Lipinski definition) is 3. The van der Waals surface area contributed by atoms with Crippen molar-refractivity contribution in [1.29, 1.82) is 0 Å². The monoisotopic (exact) mass is 290 g/mol. The van der Waals surface area contributed by atoms with E-state index in [2.05, 4.69) is 5.10 Å². The summed E-state index contributed by atoms with van der Waals surface area (Å²) >= 11 is 0. The summed E-state index contributed by atoms with van der Waals surface area (Å²) in [5, 5.41) is 10.5. The molecule has 1 aliphatic carbocycles. The van der Waals surface area contributed by atoms with Crippen molar-refractivity contribution >= 4 is 16.1 Å². The van der Waals surface area contributed by atoms with E-state index >= 15 is 0 Å². The van der Waals surface area contributed by atoms with E-state index in [1.807, 2.05) is 0 Å². The highest BCUT2D eigenvalue weighted by atomic mass is 32.2. The van der Waals surface area contributed by atoms with Crippen LogP contribution in [0.3, 0.4) is 0 Å². The first kappa shape index (κ1) is 13.8. The average Bonchev–Trinajstić information content (AvgIpc) is 2.70. The van der Waals surface area contributed by atoms with Crippen LogP contribution in [-0.2, 0) is 10.1 Å². The van der Waals surface area contributed by atoms with Gasteiger partial charge in [0, 0.05) is 6.07 Å². The van der Waals surface area contributed by atoms with Gasteiger partial charge in [0.05, 0.1) is 11.3 Å². The van der Waals surface area contributed by atoms with Gasteiger partial charge in [-0.25, -0.2) is 9.48 Å². The van der Waals surface area contributed by atoms with E-state index in [-0.39, 0.29) is 24.6 Å². The van der Waals surface area contributed by atoms with Gasteiger partial charge in [0.15, 0.2) is 0 Å². The number of H-pyrrole nitrogens is 1. The van der Waals surface area contributed by atoms with Crippen molar-refractivity contribution in [3.8, 4) is 0 Å². The second-order valence-corrected chi connectivity index (χ2v) is 6.33. The van der Waals surface area contributed by atoms with E-state index in [9.17, 15) is 18.0 Å². The zero-order valence-electron chi connectivity index (χ0n) is 9.94. The molecule has 0 atom stereocenters. The third-order valence-electron chi connectivity index (χ3n) is 3.41. The van der Waals surface area contributed by atoms with Crippen molar-refractivity contribution in [2.45, 2.75) is 37.0 Å². The van der Waals surface area contributed by atoms with Crippen LogP contribution in [0.2, 0.25) is 0 Å². The van der Waals surface area contributed by atoms with Crippen molar-refractivity contribution in [3.05, 3.63) is 22.1 Å². The number of carboxylic acid groups (broad SMARTS) is 1. The van der Waals surface area contributed by atoms with Crippen molar-refractivity contribution in [1.82, 2.24) is 9.78 Å². The summed E-state index contributed by atoms with van der Waals surface area (Å²) in [4.78, 5) is 22.4. The molecular formula is C10H14N2O6S. The lowest BCUT2D eigenvalue weighted by molar-refractivity contribution is 0.0689. The lowest BCUT2D eigenvalue weighted by atomic mass is 9.95. The van der Waals surface area contributed by atoms with Gasteiger partial charge in [-0.15, -0.1) is 0 Å². The van der Waals surface area contributed by atoms with Crippen LogP contribution >= 0.6 is 0 Å². The Morgan fingerprint density at radius 3 is 2.32 bits per heavy atom. The fourth-order valence-corrected chi connectivity index (χ4v) is 3.26. The molecule has 1 heterocycles. The Hall–Kier alpha value is -1.61. The van der Waals surface area contributed by atoms with E-state index in [4.69, 9.17) is 9.66 Å². The molecule has 1 aromatic heterocycles. The minimum atomic E-state index is -4.04. The van der Waals surface area contributed by atoms with Gasteiger partial charge in [0.25, 0.3) is 15.7 Å². The zero-order valence-corrected chi connectivity index (χ0v) is 10.8. The predicted octanol–water partition coefficient (Wildman–Crippen LogP) is 0.246. The highest BCUT2D eigenvalue weighted by molar-refractivity contribution is 7.86. The minimum absolute atomic E-state index is 0.193. The third kappa shape index (κ3) is 2.87. The molecule has 0 radical (unpaired) electrons. The summed E-state index contributed by atoms with van der Waals surface area (Å²) < 4.78 is 32.1. The van der Waals surface area contributed by atoms with Gasteiger partial charge >= 0.3 is 5.97 Å². The highest BCUT2D eigenvalue weighted by Crippen LogP contribution is 2.30. The molecular weight excluding hydrogens is 276 g/mol. The largest absolute Gasteiger partial charge is 0.477 e. The molecule has 0 aromatic carbocycles. The standard InChI is InChI=1S/C10H14N2O6S/c13-9-5-8(10(14)15)11-12(9)6-1-3-7(4-2-6)19(16,17)18/h5-7,11H,1-4H2,(H,14,15)(H,16,17,18). The number of aromatic nitrogens is 2. The summed E-state index contributed by atoms with van der Waals surface area (Å²) in [6.45, 7) is 0. The number of aromatic carboxylic acids is 1. The average molecular weight is 290 g/mol. The second-order valence-electron chi connectivity index (χ2n) is 4.63. The van der Waals surface area contributed by atoms with Gasteiger partial charge in [0.1, 0.15) is 5.69 Å². The molecule has 19 heavy (non-hydrogen) atoms. The molecule has 0 bridgehead atoms. The minimum Gasteiger partial charge on any atom is -0.477 e. The van der Waals surface area contributed by atoms with E-state index in [1.54, 1.807) is 0 Å². The number of carboxylic acids is 1. The van der Waals surface area contributed by atoms with Gasteiger partial charge in [-0.3, -0.25) is 14.4 Å². The maximum absolute atomic E-state index is 11.6. The first-order valence-corrected chi connectivity index (χ1v) is 7.30. The molecule has 0 amide bonds. The lowest BCUT2D eigenvalue weighted by Crippen LogP contribution is -2.31. The molecule has 0 saturated heterocycles. The topological polar surface area (TPSA) is 129 Å². The summed E-state index contributed by atoms with van der Waals surface area (Å²) in [7, 11) is -4.04. The van der Waals surface area contributed by atoms with Crippen LogP contribution < -0.4 is 5.56 Å². The smallest absolute Gasteiger partial charge is 0.353 e. The maximum atomic E-state index is 11.6. The van der Waals surface area contributed by atoms with E-state index in [0.717, 1.165) is 6.07 Å². The van der Waals surface area contributed by atoms with Gasteiger partial charge < -0.3 is 5.11 Å². The normalized spacial score (nSPS) is 24.3. The van der Waals surface area contributed by atoms with E-state index in [0.29, 0.717) is 12.8 Å². The van der Waals surface area contributed by atoms with Gasteiger partial charge in [0.2, 0.25) is 0 Å². The quantitative estimate of drug-likeness (QED) is 0.684. The Balaban J connectivity index is 2.14. The number of aromatic amines is 1. The van der Waals surface area contributed by atoms with Crippen molar-refractivity contribution < 1.29 is 22.9 Å². The SMILES string of the molecule is O=C(O)c1cc(=O)n(C2CCC(S(=O)(=O)O)CC2)[nH]1. The van der Waals surface area contributed by atoms with Gasteiger partial charge in [-0.05, 0) is 25.7 Å². The summed E-state index contributed by atoms with van der Waals surface area (Å²) in [5.74, 6) is -1.22. The fourth-order valence-electron chi connectivity index (χ4n) is 2.39. The first-order chi connectivity index (χ1) is 8.79. The first-order valence-electron chi connectivity index (χ1n) is 5.80. The molecule has 1 saturated carbocycles. The van der Waals surface area contributed by atoms with Crippen molar-refractivity contribution in [2.75, 3.05) is 0 Å². The zero-order chi connectivity index (χ0) is 14.2. The van der Waals surface area contributed by atoms with Gasteiger partial charge in [-0.2, -0.15) is 8.42 Å². The lowest BCUT2D eigenvalue weighted by Gasteiger charge is -2.26. The number of rotatable bonds is 3.